The molecule has 1 atom stereocenters. The molecule has 1 unspecified atom stereocenters. The molecule has 0 aliphatic carbocycles. The minimum atomic E-state index is -3.21. The van der Waals surface area contributed by atoms with Crippen molar-refractivity contribution in [3.05, 3.63) is 11.3 Å². The van der Waals surface area contributed by atoms with Gasteiger partial charge in [0.2, 0.25) is 10.0 Å². The van der Waals surface area contributed by atoms with E-state index in [0.29, 0.717) is 37.4 Å². The van der Waals surface area contributed by atoms with Gasteiger partial charge in [-0.1, -0.05) is 0 Å². The molecule has 0 saturated carbocycles. The van der Waals surface area contributed by atoms with Crippen LogP contribution in [0.5, 0.6) is 0 Å². The van der Waals surface area contributed by atoms with Gasteiger partial charge in [0.15, 0.2) is 0 Å². The highest BCUT2D eigenvalue weighted by Crippen LogP contribution is 2.17. The summed E-state index contributed by atoms with van der Waals surface area (Å²) in [5.41, 5.74) is 1.07. The van der Waals surface area contributed by atoms with Crippen LogP contribution in [0.1, 0.15) is 20.8 Å². The van der Waals surface area contributed by atoms with Crippen molar-refractivity contribution >= 4 is 22.0 Å². The van der Waals surface area contributed by atoms with Crippen LogP contribution in [0.4, 0.5) is 4.79 Å². The molecular formula is C13H22N4O4S. The first kappa shape index (κ1) is 16.8. The molecule has 0 aromatic carbocycles. The van der Waals surface area contributed by atoms with E-state index >= 15 is 0 Å². The normalized spacial score (nSPS) is 24.0. The third-order valence-corrected chi connectivity index (χ3v) is 5.88. The maximum absolute atomic E-state index is 12.6. The number of amides is 3. The van der Waals surface area contributed by atoms with E-state index in [2.05, 4.69) is 10.6 Å². The first-order chi connectivity index (χ1) is 10.3. The molecule has 3 amide bonds. The van der Waals surface area contributed by atoms with Crippen molar-refractivity contribution in [2.24, 2.45) is 0 Å². The van der Waals surface area contributed by atoms with E-state index in [1.807, 2.05) is 0 Å². The van der Waals surface area contributed by atoms with Crippen LogP contribution < -0.4 is 10.6 Å². The van der Waals surface area contributed by atoms with Gasteiger partial charge in [0.1, 0.15) is 0 Å². The van der Waals surface area contributed by atoms with Crippen LogP contribution in [-0.2, 0) is 14.8 Å². The Labute approximate surface area is 130 Å². The summed E-state index contributed by atoms with van der Waals surface area (Å²) in [4.78, 5) is 25.6. The minimum absolute atomic E-state index is 0.0677. The van der Waals surface area contributed by atoms with Crippen molar-refractivity contribution in [2.45, 2.75) is 26.8 Å². The molecule has 8 nitrogen and oxygen atoms in total. The Morgan fingerprint density at radius 3 is 2.36 bits per heavy atom. The largest absolute Gasteiger partial charge is 0.336 e. The smallest absolute Gasteiger partial charge is 0.319 e. The van der Waals surface area contributed by atoms with Gasteiger partial charge in [0.05, 0.1) is 17.4 Å². The van der Waals surface area contributed by atoms with Crippen LogP contribution >= 0.6 is 0 Å². The third-order valence-electron chi connectivity index (χ3n) is 4.00. The Kier molecular flexibility index (Phi) is 4.76. The van der Waals surface area contributed by atoms with Gasteiger partial charge in [0.25, 0.3) is 5.91 Å². The Morgan fingerprint density at radius 1 is 1.27 bits per heavy atom. The molecule has 2 N–H and O–H groups in total. The molecule has 2 aliphatic heterocycles. The summed E-state index contributed by atoms with van der Waals surface area (Å²) in [7, 11) is -3.21. The van der Waals surface area contributed by atoms with Gasteiger partial charge in [-0.3, -0.25) is 4.79 Å². The first-order valence-electron chi connectivity index (χ1n) is 7.31. The second kappa shape index (κ2) is 6.25. The van der Waals surface area contributed by atoms with Crippen LogP contribution in [-0.4, -0.2) is 67.5 Å². The fourth-order valence-electron chi connectivity index (χ4n) is 2.74. The van der Waals surface area contributed by atoms with Crippen LogP contribution in [0, 0.1) is 0 Å². The fourth-order valence-corrected chi connectivity index (χ4v) is 3.82. The molecule has 124 valence electrons. The second-order valence-electron chi connectivity index (χ2n) is 5.45. The number of nitrogens with zero attached hydrogens (tertiary/aromatic N) is 2. The van der Waals surface area contributed by atoms with E-state index in [9.17, 15) is 18.0 Å². The lowest BCUT2D eigenvalue weighted by Crippen LogP contribution is -2.55. The Hall–Kier alpha value is -1.61. The molecular weight excluding hydrogens is 308 g/mol. The molecule has 22 heavy (non-hydrogen) atoms. The Morgan fingerprint density at radius 2 is 1.86 bits per heavy atom. The number of carbonyl (C=O) groups is 2. The molecule has 2 aliphatic rings. The SMILES string of the molecule is CCS(=O)(=O)N1CCN(C(=O)C2=C(C)NC(=O)NC2C)CC1. The van der Waals surface area contributed by atoms with Crippen molar-refractivity contribution < 1.29 is 18.0 Å². The summed E-state index contributed by atoms with van der Waals surface area (Å²) in [5.74, 6) is -0.0934. The number of sulfonamides is 1. The molecule has 0 bridgehead atoms. The zero-order valence-corrected chi connectivity index (χ0v) is 13.9. The van der Waals surface area contributed by atoms with E-state index in [1.54, 1.807) is 25.7 Å². The maximum atomic E-state index is 12.6. The van der Waals surface area contributed by atoms with Gasteiger partial charge in [-0.05, 0) is 20.8 Å². The van der Waals surface area contributed by atoms with Crippen LogP contribution in [0.3, 0.4) is 0 Å². The average Bonchev–Trinajstić information content (AvgIpc) is 2.46. The highest BCUT2D eigenvalue weighted by Gasteiger charge is 2.33. The summed E-state index contributed by atoms with van der Waals surface area (Å²) >= 11 is 0. The number of rotatable bonds is 3. The van der Waals surface area contributed by atoms with Gasteiger partial charge in [-0.15, -0.1) is 0 Å². The highest BCUT2D eigenvalue weighted by atomic mass is 32.2. The minimum Gasteiger partial charge on any atom is -0.336 e. The highest BCUT2D eigenvalue weighted by molar-refractivity contribution is 7.89. The molecule has 1 saturated heterocycles. The van der Waals surface area contributed by atoms with E-state index in [1.165, 1.54) is 4.31 Å². The van der Waals surface area contributed by atoms with Crippen LogP contribution in [0.2, 0.25) is 0 Å². The summed E-state index contributed by atoms with van der Waals surface area (Å²) in [6, 6.07) is -0.681. The molecule has 1 fully saturated rings. The Balaban J connectivity index is 2.07. The second-order valence-corrected chi connectivity index (χ2v) is 7.71. The summed E-state index contributed by atoms with van der Waals surface area (Å²) < 4.78 is 25.1. The summed E-state index contributed by atoms with van der Waals surface area (Å²) in [6.07, 6.45) is 0. The standard InChI is InChI=1S/C13H22N4O4S/c1-4-22(20,21)17-7-5-16(6-8-17)12(18)11-9(2)14-13(19)15-10(11)3/h9H,4-8H2,1-3H3,(H2,14,15,19). The predicted molar refractivity (Wildman–Crippen MR) is 81.4 cm³/mol. The Bertz CT molecular complexity index is 606. The first-order valence-corrected chi connectivity index (χ1v) is 8.92. The van der Waals surface area contributed by atoms with Gasteiger partial charge in [0, 0.05) is 31.9 Å². The predicted octanol–water partition coefficient (Wildman–Crippen LogP) is -0.544. The van der Waals surface area contributed by atoms with E-state index in [0.717, 1.165) is 0 Å². The zero-order valence-electron chi connectivity index (χ0n) is 13.0. The molecule has 0 radical (unpaired) electrons. The zero-order chi connectivity index (χ0) is 16.5. The lowest BCUT2D eigenvalue weighted by Gasteiger charge is -2.36. The van der Waals surface area contributed by atoms with E-state index < -0.39 is 10.0 Å². The van der Waals surface area contributed by atoms with Crippen molar-refractivity contribution in [1.82, 2.24) is 19.8 Å². The summed E-state index contributed by atoms with van der Waals surface area (Å²) in [6.45, 7) is 6.39. The number of nitrogens with one attached hydrogen (secondary N) is 2. The average molecular weight is 330 g/mol. The molecule has 0 spiro atoms. The molecule has 2 heterocycles. The quantitative estimate of drug-likeness (QED) is 0.726. The maximum Gasteiger partial charge on any atom is 0.319 e. The van der Waals surface area contributed by atoms with Crippen molar-refractivity contribution in [3.8, 4) is 0 Å². The molecule has 9 heteroatoms. The van der Waals surface area contributed by atoms with Gasteiger partial charge in [-0.2, -0.15) is 4.31 Å². The van der Waals surface area contributed by atoms with Gasteiger partial charge < -0.3 is 15.5 Å². The van der Waals surface area contributed by atoms with E-state index in [4.69, 9.17) is 0 Å². The van der Waals surface area contributed by atoms with Crippen LogP contribution in [0.25, 0.3) is 0 Å². The topological polar surface area (TPSA) is 98.8 Å². The van der Waals surface area contributed by atoms with Crippen molar-refractivity contribution in [1.29, 1.82) is 0 Å². The fraction of sp³-hybridized carbons (Fsp3) is 0.692. The van der Waals surface area contributed by atoms with Crippen molar-refractivity contribution in [2.75, 3.05) is 31.9 Å². The number of hydrogen-bond acceptors (Lipinski definition) is 4. The number of allylic oxidation sites excluding steroid dienone is 1. The lowest BCUT2D eigenvalue weighted by atomic mass is 10.0. The van der Waals surface area contributed by atoms with Crippen LogP contribution in [0.15, 0.2) is 11.3 Å². The van der Waals surface area contributed by atoms with Gasteiger partial charge >= 0.3 is 6.03 Å². The number of carbonyl (C=O) groups excluding carboxylic acids is 2. The lowest BCUT2D eigenvalue weighted by molar-refractivity contribution is -0.128. The molecule has 0 aromatic heterocycles. The number of urea groups is 1. The monoisotopic (exact) mass is 330 g/mol. The number of piperazine rings is 1. The molecule has 2 rings (SSSR count). The molecule has 0 aromatic rings. The summed E-state index contributed by atoms with van der Waals surface area (Å²) in [5, 5.41) is 5.26. The van der Waals surface area contributed by atoms with Gasteiger partial charge in [-0.25, -0.2) is 13.2 Å². The van der Waals surface area contributed by atoms with Crippen molar-refractivity contribution in [3.63, 3.8) is 0 Å². The third kappa shape index (κ3) is 3.25. The van der Waals surface area contributed by atoms with E-state index in [-0.39, 0.29) is 23.7 Å². The number of hydrogen-bond donors (Lipinski definition) is 2.